The molecular formula is C11H23NO2. The molecule has 2 atom stereocenters. The summed E-state index contributed by atoms with van der Waals surface area (Å²) in [7, 11) is 1.99. The average Bonchev–Trinajstić information content (AvgIpc) is 2.18. The summed E-state index contributed by atoms with van der Waals surface area (Å²) in [5, 5.41) is 3.30. The summed E-state index contributed by atoms with van der Waals surface area (Å²) in [6.45, 7) is 7.98. The lowest BCUT2D eigenvalue weighted by molar-refractivity contribution is -0.135. The van der Waals surface area contributed by atoms with Gasteiger partial charge in [0.2, 0.25) is 0 Å². The summed E-state index contributed by atoms with van der Waals surface area (Å²) in [5.41, 5.74) is -0.0412. The van der Waals surface area contributed by atoms with E-state index in [1.165, 1.54) is 0 Å². The Morgan fingerprint density at radius 2 is 2.21 bits per heavy atom. The van der Waals surface area contributed by atoms with Crippen molar-refractivity contribution >= 4 is 0 Å². The van der Waals surface area contributed by atoms with Gasteiger partial charge < -0.3 is 14.8 Å². The van der Waals surface area contributed by atoms with Crippen molar-refractivity contribution in [2.24, 2.45) is 0 Å². The normalized spacial score (nSPS) is 29.1. The van der Waals surface area contributed by atoms with E-state index >= 15 is 0 Å². The molecule has 0 aromatic carbocycles. The van der Waals surface area contributed by atoms with Crippen molar-refractivity contribution in [2.45, 2.75) is 51.4 Å². The highest BCUT2D eigenvalue weighted by atomic mass is 16.5. The van der Waals surface area contributed by atoms with Gasteiger partial charge in [-0.1, -0.05) is 6.92 Å². The lowest BCUT2D eigenvalue weighted by atomic mass is 10.0. The van der Waals surface area contributed by atoms with Crippen LogP contribution in [0.3, 0.4) is 0 Å². The third-order valence-corrected chi connectivity index (χ3v) is 3.00. The monoisotopic (exact) mass is 201 g/mol. The van der Waals surface area contributed by atoms with Crippen molar-refractivity contribution in [3.8, 4) is 0 Å². The first-order valence-corrected chi connectivity index (χ1v) is 5.52. The number of hydrogen-bond acceptors (Lipinski definition) is 3. The number of rotatable bonds is 4. The van der Waals surface area contributed by atoms with Crippen molar-refractivity contribution < 1.29 is 9.47 Å². The number of hydrogen-bond donors (Lipinski definition) is 1. The predicted molar refractivity (Wildman–Crippen MR) is 57.5 cm³/mol. The Balaban J connectivity index is 2.48. The molecule has 0 amide bonds. The summed E-state index contributed by atoms with van der Waals surface area (Å²) in [6.07, 6.45) is 2.27. The molecule has 1 saturated heterocycles. The van der Waals surface area contributed by atoms with E-state index in [1.807, 2.05) is 7.05 Å². The molecule has 0 aromatic rings. The molecule has 0 spiro atoms. The summed E-state index contributed by atoms with van der Waals surface area (Å²) < 4.78 is 11.5. The Morgan fingerprint density at radius 3 is 2.79 bits per heavy atom. The highest BCUT2D eigenvalue weighted by Gasteiger charge is 2.30. The van der Waals surface area contributed by atoms with Crippen LogP contribution in [0.15, 0.2) is 0 Å². The van der Waals surface area contributed by atoms with Crippen molar-refractivity contribution in [3.05, 3.63) is 0 Å². The molecule has 0 radical (unpaired) electrons. The van der Waals surface area contributed by atoms with Crippen LogP contribution in [-0.2, 0) is 9.47 Å². The standard InChI is InChI=1S/C11H23NO2/c1-5-11(2,3)14-10-8-13-7-6-9(10)12-4/h9-10,12H,5-8H2,1-4H3. The zero-order chi connectivity index (χ0) is 10.6. The van der Waals surface area contributed by atoms with Crippen LogP contribution in [0, 0.1) is 0 Å². The Bertz CT molecular complexity index is 171. The van der Waals surface area contributed by atoms with Gasteiger partial charge in [0.05, 0.1) is 18.3 Å². The molecule has 3 heteroatoms. The van der Waals surface area contributed by atoms with E-state index < -0.39 is 0 Å². The molecule has 0 bridgehead atoms. The van der Waals surface area contributed by atoms with E-state index in [4.69, 9.17) is 9.47 Å². The van der Waals surface area contributed by atoms with Crippen molar-refractivity contribution in [2.75, 3.05) is 20.3 Å². The highest BCUT2D eigenvalue weighted by Crippen LogP contribution is 2.21. The molecule has 3 nitrogen and oxygen atoms in total. The summed E-state index contributed by atoms with van der Waals surface area (Å²) in [5.74, 6) is 0. The third-order valence-electron chi connectivity index (χ3n) is 3.00. The molecule has 1 heterocycles. The number of nitrogens with one attached hydrogen (secondary N) is 1. The van der Waals surface area contributed by atoms with E-state index in [9.17, 15) is 0 Å². The van der Waals surface area contributed by atoms with E-state index in [2.05, 4.69) is 26.1 Å². The van der Waals surface area contributed by atoms with Crippen molar-refractivity contribution in [1.29, 1.82) is 0 Å². The number of likely N-dealkylation sites (N-methyl/N-ethyl adjacent to an activating group) is 1. The molecule has 1 rings (SSSR count). The average molecular weight is 201 g/mol. The molecule has 1 fully saturated rings. The third kappa shape index (κ3) is 3.23. The molecule has 1 aliphatic rings. The highest BCUT2D eigenvalue weighted by molar-refractivity contribution is 4.82. The smallest absolute Gasteiger partial charge is 0.0968 e. The summed E-state index contributed by atoms with van der Waals surface area (Å²) in [4.78, 5) is 0. The Labute approximate surface area is 87.2 Å². The van der Waals surface area contributed by atoms with E-state index in [-0.39, 0.29) is 11.7 Å². The molecule has 84 valence electrons. The van der Waals surface area contributed by atoms with Crippen LogP contribution in [0.5, 0.6) is 0 Å². The van der Waals surface area contributed by atoms with Gasteiger partial charge in [-0.05, 0) is 33.7 Å². The molecule has 2 unspecified atom stereocenters. The minimum absolute atomic E-state index is 0.0412. The van der Waals surface area contributed by atoms with Crippen LogP contribution < -0.4 is 5.32 Å². The second-order valence-corrected chi connectivity index (χ2v) is 4.53. The van der Waals surface area contributed by atoms with E-state index in [1.54, 1.807) is 0 Å². The first kappa shape index (κ1) is 12.0. The van der Waals surface area contributed by atoms with Gasteiger partial charge in [0, 0.05) is 12.6 Å². The first-order chi connectivity index (χ1) is 6.59. The predicted octanol–water partition coefficient (Wildman–Crippen LogP) is 1.57. The second kappa shape index (κ2) is 5.10. The van der Waals surface area contributed by atoms with Crippen LogP contribution in [-0.4, -0.2) is 38.0 Å². The Morgan fingerprint density at radius 1 is 1.50 bits per heavy atom. The maximum Gasteiger partial charge on any atom is 0.0968 e. The van der Waals surface area contributed by atoms with Crippen LogP contribution in [0.2, 0.25) is 0 Å². The van der Waals surface area contributed by atoms with E-state index in [0.29, 0.717) is 6.04 Å². The topological polar surface area (TPSA) is 30.5 Å². The molecule has 1 N–H and O–H groups in total. The van der Waals surface area contributed by atoms with Crippen LogP contribution >= 0.6 is 0 Å². The van der Waals surface area contributed by atoms with Gasteiger partial charge in [-0.25, -0.2) is 0 Å². The fraction of sp³-hybridized carbons (Fsp3) is 1.00. The molecule has 0 aromatic heterocycles. The van der Waals surface area contributed by atoms with Gasteiger partial charge in [0.25, 0.3) is 0 Å². The number of ether oxygens (including phenoxy) is 2. The quantitative estimate of drug-likeness (QED) is 0.749. The maximum atomic E-state index is 6.04. The Kier molecular flexibility index (Phi) is 4.35. The Hall–Kier alpha value is -0.120. The van der Waals surface area contributed by atoms with Crippen LogP contribution in [0.25, 0.3) is 0 Å². The maximum absolute atomic E-state index is 6.04. The molecule has 0 aliphatic carbocycles. The lowest BCUT2D eigenvalue weighted by Crippen LogP contribution is -2.49. The zero-order valence-corrected chi connectivity index (χ0v) is 9.80. The largest absolute Gasteiger partial charge is 0.379 e. The van der Waals surface area contributed by atoms with Crippen molar-refractivity contribution in [3.63, 3.8) is 0 Å². The summed E-state index contributed by atoms with van der Waals surface area (Å²) in [6, 6.07) is 0.439. The second-order valence-electron chi connectivity index (χ2n) is 4.53. The van der Waals surface area contributed by atoms with Gasteiger partial charge in [-0.2, -0.15) is 0 Å². The van der Waals surface area contributed by atoms with Gasteiger partial charge >= 0.3 is 0 Å². The van der Waals surface area contributed by atoms with Crippen LogP contribution in [0.1, 0.15) is 33.6 Å². The molecule has 0 saturated carbocycles. The van der Waals surface area contributed by atoms with Crippen molar-refractivity contribution in [1.82, 2.24) is 5.32 Å². The van der Waals surface area contributed by atoms with E-state index in [0.717, 1.165) is 26.1 Å². The fourth-order valence-electron chi connectivity index (χ4n) is 1.65. The molecular weight excluding hydrogens is 178 g/mol. The minimum Gasteiger partial charge on any atom is -0.379 e. The van der Waals surface area contributed by atoms with Gasteiger partial charge in [-0.3, -0.25) is 0 Å². The molecule has 1 aliphatic heterocycles. The SMILES string of the molecule is CCC(C)(C)OC1COCCC1NC. The van der Waals surface area contributed by atoms with Gasteiger partial charge in [0.15, 0.2) is 0 Å². The zero-order valence-electron chi connectivity index (χ0n) is 9.80. The minimum atomic E-state index is -0.0412. The first-order valence-electron chi connectivity index (χ1n) is 5.52. The lowest BCUT2D eigenvalue weighted by Gasteiger charge is -2.37. The summed E-state index contributed by atoms with van der Waals surface area (Å²) >= 11 is 0. The van der Waals surface area contributed by atoms with Gasteiger partial charge in [-0.15, -0.1) is 0 Å². The fourth-order valence-corrected chi connectivity index (χ4v) is 1.65. The molecule has 14 heavy (non-hydrogen) atoms. The van der Waals surface area contributed by atoms with Gasteiger partial charge in [0.1, 0.15) is 0 Å². The van der Waals surface area contributed by atoms with Crippen LogP contribution in [0.4, 0.5) is 0 Å².